The number of nitrogens with one attached hydrogen (secondary N) is 1. The molecule has 1 heterocycles. The van der Waals surface area contributed by atoms with Crippen LogP contribution in [0.15, 0.2) is 0 Å². The summed E-state index contributed by atoms with van der Waals surface area (Å²) < 4.78 is 5.58. The molecular weight excluding hydrogens is 395 g/mol. The highest BCUT2D eigenvalue weighted by atomic mass is 127. The normalized spacial score (nSPS) is 21.4. The zero-order valence-corrected chi connectivity index (χ0v) is 15.3. The Labute approximate surface area is 146 Å². The fourth-order valence-electron chi connectivity index (χ4n) is 3.35. The fraction of sp³-hybridized carbons (Fsp3) is 0.875. The Morgan fingerprint density at radius 2 is 1.73 bits per heavy atom. The molecular formula is C16H27IN2O3. The van der Waals surface area contributed by atoms with E-state index in [1.165, 1.54) is 38.5 Å². The number of hydrogen-bond donors (Lipinski definition) is 1. The fourth-order valence-corrected chi connectivity index (χ4v) is 3.73. The van der Waals surface area contributed by atoms with Crippen LogP contribution in [-0.2, 0) is 9.53 Å². The minimum Gasteiger partial charge on any atom is -0.378 e. The molecule has 1 saturated heterocycles. The van der Waals surface area contributed by atoms with E-state index in [9.17, 15) is 9.59 Å². The number of carbonyl (C=O) groups excluding carboxylic acids is 2. The maximum Gasteiger partial charge on any atom is 0.281 e. The van der Waals surface area contributed by atoms with Gasteiger partial charge in [-0.3, -0.25) is 9.59 Å². The summed E-state index contributed by atoms with van der Waals surface area (Å²) in [5.74, 6) is 0.628. The summed E-state index contributed by atoms with van der Waals surface area (Å²) in [6.07, 6.45) is 9.65. The largest absolute Gasteiger partial charge is 0.378 e. The lowest BCUT2D eigenvalue weighted by Gasteiger charge is -2.30. The Balaban J connectivity index is 1.79. The summed E-state index contributed by atoms with van der Waals surface area (Å²) in [6, 6.07) is -0.536. The Bertz CT molecular complexity index is 366. The van der Waals surface area contributed by atoms with Crippen molar-refractivity contribution in [3.63, 3.8) is 0 Å². The van der Waals surface area contributed by atoms with Crippen molar-refractivity contribution >= 4 is 32.4 Å². The maximum absolute atomic E-state index is 12.5. The number of piperidine rings is 1. The molecule has 126 valence electrons. The topological polar surface area (TPSA) is 58.6 Å². The van der Waals surface area contributed by atoms with E-state index in [0.717, 1.165) is 25.9 Å². The number of hydrogen-bond acceptors (Lipinski definition) is 3. The first-order chi connectivity index (χ1) is 10.7. The maximum atomic E-state index is 12.5. The second-order valence-corrected chi connectivity index (χ2v) is 7.38. The number of likely N-dealkylation sites (tertiary alicyclic amines) is 1. The predicted molar refractivity (Wildman–Crippen MR) is 94.2 cm³/mol. The lowest BCUT2D eigenvalue weighted by molar-refractivity contribution is -0.135. The van der Waals surface area contributed by atoms with Gasteiger partial charge < -0.3 is 15.0 Å². The minimum absolute atomic E-state index is 0.00774. The number of ether oxygens (including phenoxy) is 1. The van der Waals surface area contributed by atoms with Crippen LogP contribution in [0.2, 0.25) is 0 Å². The third-order valence-corrected chi connectivity index (χ3v) is 4.93. The molecule has 0 aromatic carbocycles. The molecule has 1 aliphatic carbocycles. The van der Waals surface area contributed by atoms with Crippen molar-refractivity contribution in [2.75, 3.05) is 26.3 Å². The van der Waals surface area contributed by atoms with Gasteiger partial charge in [0.1, 0.15) is 6.04 Å². The van der Waals surface area contributed by atoms with Gasteiger partial charge in [-0.15, -0.1) is 0 Å². The second kappa shape index (κ2) is 9.70. The molecule has 0 aromatic rings. The molecule has 22 heavy (non-hydrogen) atoms. The van der Waals surface area contributed by atoms with Gasteiger partial charge in [-0.05, 0) is 38.0 Å². The van der Waals surface area contributed by atoms with Gasteiger partial charge in [0.05, 0.1) is 6.61 Å². The van der Waals surface area contributed by atoms with Gasteiger partial charge in [-0.2, -0.15) is 0 Å². The van der Waals surface area contributed by atoms with Crippen molar-refractivity contribution in [1.82, 2.24) is 10.2 Å². The highest BCUT2D eigenvalue weighted by Crippen LogP contribution is 2.23. The monoisotopic (exact) mass is 422 g/mol. The Morgan fingerprint density at radius 1 is 1.09 bits per heavy atom. The first-order valence-electron chi connectivity index (χ1n) is 8.49. The summed E-state index contributed by atoms with van der Waals surface area (Å²) >= 11 is 1.68. The van der Waals surface area contributed by atoms with Gasteiger partial charge in [0, 0.05) is 42.3 Å². The molecule has 0 aromatic heterocycles. The molecule has 2 rings (SSSR count). The molecule has 1 unspecified atom stereocenters. The highest BCUT2D eigenvalue weighted by molar-refractivity contribution is 14.1. The quantitative estimate of drug-likeness (QED) is 0.407. The first kappa shape index (κ1) is 18.0. The Kier molecular flexibility index (Phi) is 7.92. The molecule has 6 heteroatoms. The van der Waals surface area contributed by atoms with Crippen molar-refractivity contribution in [3.05, 3.63) is 0 Å². The highest BCUT2D eigenvalue weighted by Gasteiger charge is 2.27. The van der Waals surface area contributed by atoms with Crippen molar-refractivity contribution in [3.8, 4) is 0 Å². The molecule has 1 N–H and O–H groups in total. The molecule has 0 spiro atoms. The van der Waals surface area contributed by atoms with Crippen molar-refractivity contribution < 1.29 is 14.3 Å². The van der Waals surface area contributed by atoms with Crippen LogP contribution < -0.4 is 5.32 Å². The predicted octanol–water partition coefficient (Wildman–Crippen LogP) is 3.11. The van der Waals surface area contributed by atoms with Crippen LogP contribution in [0.1, 0.15) is 51.4 Å². The average Bonchev–Trinajstić information content (AvgIpc) is 2.55. The molecule has 2 fully saturated rings. The van der Waals surface area contributed by atoms with Gasteiger partial charge in [-0.1, -0.05) is 19.3 Å². The lowest BCUT2D eigenvalue weighted by Crippen LogP contribution is -2.51. The second-order valence-electron chi connectivity index (χ2n) is 6.40. The number of carbonyl (C=O) groups is 2. The zero-order chi connectivity index (χ0) is 15.8. The van der Waals surface area contributed by atoms with Gasteiger partial charge in [0.15, 0.2) is 0 Å². The van der Waals surface area contributed by atoms with Crippen LogP contribution in [-0.4, -0.2) is 47.1 Å². The first-order valence-corrected chi connectivity index (χ1v) is 9.57. The van der Waals surface area contributed by atoms with Gasteiger partial charge >= 0.3 is 0 Å². The molecule has 2 aliphatic rings. The summed E-state index contributed by atoms with van der Waals surface area (Å²) in [7, 11) is 0. The van der Waals surface area contributed by atoms with E-state index in [-0.39, 0.29) is 9.82 Å². The average molecular weight is 422 g/mol. The molecule has 1 aliphatic heterocycles. The van der Waals surface area contributed by atoms with Crippen LogP contribution in [0.3, 0.4) is 0 Å². The minimum atomic E-state index is -0.536. The zero-order valence-electron chi connectivity index (χ0n) is 13.2. The van der Waals surface area contributed by atoms with E-state index in [1.807, 2.05) is 4.90 Å². The van der Waals surface area contributed by atoms with Crippen LogP contribution in [0, 0.1) is 5.92 Å². The standard InChI is InChI=1S/C16H27IN2O3/c17-16(21)18-14(15(20)19-9-5-2-6-10-19)12-22-11-13-7-3-1-4-8-13/h13-14H,1-12H2,(H,18,21). The Hall–Kier alpha value is -0.370. The van der Waals surface area contributed by atoms with Gasteiger partial charge in [-0.25, -0.2) is 0 Å². The lowest BCUT2D eigenvalue weighted by atomic mass is 9.90. The smallest absolute Gasteiger partial charge is 0.281 e. The van der Waals surface area contributed by atoms with Crippen LogP contribution in [0.25, 0.3) is 0 Å². The van der Waals surface area contributed by atoms with Crippen LogP contribution in [0.5, 0.6) is 0 Å². The van der Waals surface area contributed by atoms with E-state index < -0.39 is 6.04 Å². The molecule has 2 amide bonds. The number of nitrogens with zero attached hydrogens (tertiary/aromatic N) is 1. The summed E-state index contributed by atoms with van der Waals surface area (Å²) in [4.78, 5) is 25.8. The molecule has 5 nitrogen and oxygen atoms in total. The number of rotatable bonds is 6. The number of amides is 2. The van der Waals surface area contributed by atoms with Crippen molar-refractivity contribution in [2.24, 2.45) is 5.92 Å². The third kappa shape index (κ3) is 6.02. The van der Waals surface area contributed by atoms with Crippen LogP contribution in [0.4, 0.5) is 4.79 Å². The van der Waals surface area contributed by atoms with E-state index in [4.69, 9.17) is 4.74 Å². The summed E-state index contributed by atoms with van der Waals surface area (Å²) in [6.45, 7) is 2.60. The van der Waals surface area contributed by atoms with Gasteiger partial charge in [0.25, 0.3) is 3.91 Å². The van der Waals surface area contributed by atoms with E-state index >= 15 is 0 Å². The van der Waals surface area contributed by atoms with E-state index in [0.29, 0.717) is 19.1 Å². The van der Waals surface area contributed by atoms with E-state index in [1.54, 1.807) is 22.6 Å². The Morgan fingerprint density at radius 3 is 2.36 bits per heavy atom. The van der Waals surface area contributed by atoms with Crippen molar-refractivity contribution in [1.29, 1.82) is 0 Å². The molecule has 0 radical (unpaired) electrons. The van der Waals surface area contributed by atoms with Gasteiger partial charge in [0.2, 0.25) is 5.91 Å². The number of halogens is 1. The SMILES string of the molecule is O=C(I)NC(COCC1CCCCC1)C(=O)N1CCCCC1. The van der Waals surface area contributed by atoms with Crippen molar-refractivity contribution in [2.45, 2.75) is 57.4 Å². The third-order valence-electron chi connectivity index (χ3n) is 4.62. The van der Waals surface area contributed by atoms with Crippen LogP contribution >= 0.6 is 22.6 Å². The summed E-state index contributed by atoms with van der Waals surface area (Å²) in [5, 5.41) is 2.75. The summed E-state index contributed by atoms with van der Waals surface area (Å²) in [5.41, 5.74) is 0. The van der Waals surface area contributed by atoms with E-state index in [2.05, 4.69) is 5.32 Å². The molecule has 1 saturated carbocycles. The molecule has 0 bridgehead atoms. The molecule has 1 atom stereocenters.